The third kappa shape index (κ3) is 5.27. The second kappa shape index (κ2) is 9.82. The fourth-order valence-corrected chi connectivity index (χ4v) is 3.49. The molecule has 3 N–H and O–H groups in total. The van der Waals surface area contributed by atoms with Crippen LogP contribution in [0.1, 0.15) is 6.42 Å². The van der Waals surface area contributed by atoms with E-state index in [1.807, 2.05) is 12.1 Å². The first-order chi connectivity index (χ1) is 15.0. The van der Waals surface area contributed by atoms with Gasteiger partial charge in [0.2, 0.25) is 0 Å². The van der Waals surface area contributed by atoms with Crippen molar-refractivity contribution in [3.63, 3.8) is 0 Å². The third-order valence-electron chi connectivity index (χ3n) is 4.81. The van der Waals surface area contributed by atoms with Crippen LogP contribution in [0.3, 0.4) is 0 Å². The molecule has 1 aliphatic heterocycles. The van der Waals surface area contributed by atoms with Crippen molar-refractivity contribution in [1.82, 2.24) is 9.97 Å². The van der Waals surface area contributed by atoms with Gasteiger partial charge in [-0.25, -0.2) is 14.4 Å². The molecule has 164 valence electrons. The van der Waals surface area contributed by atoms with Crippen molar-refractivity contribution in [2.24, 2.45) is 0 Å². The molecule has 0 spiro atoms. The molecular formula is C21H21Cl2FN4O3. The Morgan fingerprint density at radius 1 is 1.29 bits per heavy atom. The number of nitrogens with zero attached hydrogens (tertiary/aromatic N) is 2. The van der Waals surface area contributed by atoms with Crippen LogP contribution in [0.5, 0.6) is 5.75 Å². The fourth-order valence-electron chi connectivity index (χ4n) is 3.20. The van der Waals surface area contributed by atoms with E-state index in [-0.39, 0.29) is 23.6 Å². The maximum atomic E-state index is 13.5. The summed E-state index contributed by atoms with van der Waals surface area (Å²) in [5.41, 5.74) is 1.91. The van der Waals surface area contributed by atoms with E-state index >= 15 is 0 Å². The van der Waals surface area contributed by atoms with Crippen molar-refractivity contribution in [3.05, 3.63) is 47.5 Å². The number of nitrogens with one attached hydrogen (secondary N) is 2. The van der Waals surface area contributed by atoms with Crippen molar-refractivity contribution >= 4 is 51.3 Å². The summed E-state index contributed by atoms with van der Waals surface area (Å²) in [6.45, 7) is 1.42. The van der Waals surface area contributed by atoms with Gasteiger partial charge in [-0.2, -0.15) is 0 Å². The van der Waals surface area contributed by atoms with Crippen LogP contribution in [0.4, 0.5) is 21.6 Å². The molecule has 3 aromatic rings. The third-order valence-corrected chi connectivity index (χ3v) is 5.45. The highest BCUT2D eigenvalue weighted by atomic mass is 35.5. The minimum absolute atomic E-state index is 0.00949. The van der Waals surface area contributed by atoms with Crippen molar-refractivity contribution in [2.75, 3.05) is 36.3 Å². The molecule has 7 nitrogen and oxygen atoms in total. The minimum Gasteiger partial charge on any atom is -0.486 e. The standard InChI is InChI=1S/C21H21Cl2FN4O3/c22-8-13(29)9-25-19-6-15-18(7-20(19)31-14-3-4-30-10-14)26-11-27-21(15)28-12-1-2-17(24)16(23)5-12/h1-2,5-7,11,13-14,25,29H,3-4,8-10H2,(H,26,27,28). The maximum absolute atomic E-state index is 13.5. The molecule has 31 heavy (non-hydrogen) atoms. The topological polar surface area (TPSA) is 88.5 Å². The molecule has 2 heterocycles. The lowest BCUT2D eigenvalue weighted by Gasteiger charge is -2.19. The number of halogens is 3. The predicted octanol–water partition coefficient (Wildman–Crippen LogP) is 4.35. The number of aliphatic hydroxyl groups is 1. The lowest BCUT2D eigenvalue weighted by atomic mass is 10.1. The maximum Gasteiger partial charge on any atom is 0.145 e. The van der Waals surface area contributed by atoms with Gasteiger partial charge in [-0.1, -0.05) is 11.6 Å². The molecule has 1 saturated heterocycles. The molecule has 0 saturated carbocycles. The van der Waals surface area contributed by atoms with Crippen LogP contribution < -0.4 is 15.4 Å². The highest BCUT2D eigenvalue weighted by Crippen LogP contribution is 2.35. The average Bonchev–Trinajstić information content (AvgIpc) is 3.28. The number of aromatic nitrogens is 2. The number of hydrogen-bond acceptors (Lipinski definition) is 7. The molecular weight excluding hydrogens is 446 g/mol. The summed E-state index contributed by atoms with van der Waals surface area (Å²) < 4.78 is 25.0. The fraction of sp³-hybridized carbons (Fsp3) is 0.333. The molecule has 1 aromatic heterocycles. The highest BCUT2D eigenvalue weighted by molar-refractivity contribution is 6.31. The number of aliphatic hydroxyl groups excluding tert-OH is 1. The smallest absolute Gasteiger partial charge is 0.145 e. The van der Waals surface area contributed by atoms with Gasteiger partial charge in [0.05, 0.1) is 41.4 Å². The Bertz CT molecular complexity index is 1070. The Morgan fingerprint density at radius 3 is 2.90 bits per heavy atom. The van der Waals surface area contributed by atoms with E-state index in [2.05, 4.69) is 20.6 Å². The van der Waals surface area contributed by atoms with Crippen LogP contribution in [0.15, 0.2) is 36.7 Å². The second-order valence-electron chi connectivity index (χ2n) is 7.13. The number of rotatable bonds is 8. The number of ether oxygens (including phenoxy) is 2. The van der Waals surface area contributed by atoms with Crippen molar-refractivity contribution in [3.8, 4) is 5.75 Å². The van der Waals surface area contributed by atoms with Crippen LogP contribution in [0.2, 0.25) is 5.02 Å². The summed E-state index contributed by atoms with van der Waals surface area (Å²) in [7, 11) is 0. The van der Waals surface area contributed by atoms with Gasteiger partial charge in [-0.05, 0) is 24.3 Å². The van der Waals surface area contributed by atoms with Gasteiger partial charge < -0.3 is 25.2 Å². The average molecular weight is 467 g/mol. The van der Waals surface area contributed by atoms with E-state index in [0.717, 1.165) is 6.42 Å². The summed E-state index contributed by atoms with van der Waals surface area (Å²) in [5, 5.41) is 16.9. The van der Waals surface area contributed by atoms with Crippen LogP contribution >= 0.6 is 23.2 Å². The van der Waals surface area contributed by atoms with Gasteiger partial charge in [0, 0.05) is 30.1 Å². The number of hydrogen-bond donors (Lipinski definition) is 3. The van der Waals surface area contributed by atoms with E-state index in [1.54, 1.807) is 6.07 Å². The van der Waals surface area contributed by atoms with Crippen LogP contribution in [0.25, 0.3) is 10.9 Å². The number of anilines is 3. The molecule has 2 aromatic carbocycles. The van der Waals surface area contributed by atoms with Crippen LogP contribution in [0, 0.1) is 5.82 Å². The van der Waals surface area contributed by atoms with Gasteiger partial charge in [0.15, 0.2) is 0 Å². The Morgan fingerprint density at radius 2 is 2.16 bits per heavy atom. The first-order valence-electron chi connectivity index (χ1n) is 9.76. The van der Waals surface area contributed by atoms with Crippen LogP contribution in [-0.4, -0.2) is 52.9 Å². The molecule has 0 bridgehead atoms. The van der Waals surface area contributed by atoms with E-state index in [0.29, 0.717) is 47.1 Å². The summed E-state index contributed by atoms with van der Waals surface area (Å²) in [4.78, 5) is 8.68. The van der Waals surface area contributed by atoms with Gasteiger partial charge in [-0.15, -0.1) is 11.6 Å². The zero-order chi connectivity index (χ0) is 21.8. The van der Waals surface area contributed by atoms with E-state index in [9.17, 15) is 9.50 Å². The summed E-state index contributed by atoms with van der Waals surface area (Å²) in [6, 6.07) is 7.99. The van der Waals surface area contributed by atoms with Crippen LogP contribution in [-0.2, 0) is 4.74 Å². The Hall–Kier alpha value is -2.39. The molecule has 2 unspecified atom stereocenters. The molecule has 1 aliphatic rings. The molecule has 1 fully saturated rings. The van der Waals surface area contributed by atoms with E-state index < -0.39 is 11.9 Å². The van der Waals surface area contributed by atoms with E-state index in [1.165, 1.54) is 18.5 Å². The van der Waals surface area contributed by atoms with Gasteiger partial charge in [0.25, 0.3) is 0 Å². The first kappa shape index (κ1) is 21.8. The number of benzene rings is 2. The van der Waals surface area contributed by atoms with Gasteiger partial charge in [0.1, 0.15) is 29.8 Å². The zero-order valence-electron chi connectivity index (χ0n) is 16.4. The lowest BCUT2D eigenvalue weighted by Crippen LogP contribution is -2.22. The quantitative estimate of drug-likeness (QED) is 0.425. The second-order valence-corrected chi connectivity index (χ2v) is 7.85. The molecule has 10 heteroatoms. The Labute approximate surface area is 188 Å². The predicted molar refractivity (Wildman–Crippen MR) is 119 cm³/mol. The van der Waals surface area contributed by atoms with Crippen molar-refractivity contribution in [1.29, 1.82) is 0 Å². The highest BCUT2D eigenvalue weighted by Gasteiger charge is 2.20. The zero-order valence-corrected chi connectivity index (χ0v) is 18.0. The van der Waals surface area contributed by atoms with Crippen molar-refractivity contribution in [2.45, 2.75) is 18.6 Å². The number of alkyl halides is 1. The number of fused-ring (bicyclic) bond motifs is 1. The largest absolute Gasteiger partial charge is 0.486 e. The van der Waals surface area contributed by atoms with Crippen molar-refractivity contribution < 1.29 is 19.0 Å². The molecule has 0 aliphatic carbocycles. The lowest BCUT2D eigenvalue weighted by molar-refractivity contribution is 0.142. The molecule has 0 amide bonds. The van der Waals surface area contributed by atoms with Gasteiger partial charge >= 0.3 is 0 Å². The monoisotopic (exact) mass is 466 g/mol. The van der Waals surface area contributed by atoms with Gasteiger partial charge in [-0.3, -0.25) is 0 Å². The summed E-state index contributed by atoms with van der Waals surface area (Å²) in [6.07, 6.45) is 1.45. The molecule has 2 atom stereocenters. The summed E-state index contributed by atoms with van der Waals surface area (Å²) in [5.74, 6) is 0.722. The molecule has 0 radical (unpaired) electrons. The first-order valence-corrected chi connectivity index (χ1v) is 10.7. The minimum atomic E-state index is -0.717. The SMILES string of the molecule is OC(CCl)CNc1cc2c(Nc3ccc(F)c(Cl)c3)ncnc2cc1OC1CCOC1. The summed E-state index contributed by atoms with van der Waals surface area (Å²) >= 11 is 11.6. The Balaban J connectivity index is 1.69. The normalized spacial score (nSPS) is 17.0. The molecule has 4 rings (SSSR count). The van der Waals surface area contributed by atoms with E-state index in [4.69, 9.17) is 32.7 Å². The Kier molecular flexibility index (Phi) is 6.92.